The molecular weight excluding hydrogens is 509 g/mol. The van der Waals surface area contributed by atoms with Crippen LogP contribution >= 0.6 is 23.1 Å². The van der Waals surface area contributed by atoms with Crippen molar-refractivity contribution in [3.05, 3.63) is 83.7 Å². The number of thioether (sulfide) groups is 1. The van der Waals surface area contributed by atoms with E-state index >= 15 is 0 Å². The summed E-state index contributed by atoms with van der Waals surface area (Å²) >= 11 is 3.56. The van der Waals surface area contributed by atoms with Gasteiger partial charge in [-0.15, -0.1) is 11.3 Å². The van der Waals surface area contributed by atoms with Crippen LogP contribution in [0.1, 0.15) is 26.6 Å². The molecule has 2 aromatic heterocycles. The topological polar surface area (TPSA) is 34.2 Å². The summed E-state index contributed by atoms with van der Waals surface area (Å²) in [4.78, 5) is 8.51. The number of benzene rings is 3. The highest BCUT2D eigenvalue weighted by atomic mass is 32.2. The van der Waals surface area contributed by atoms with Crippen LogP contribution in [-0.4, -0.2) is 23.2 Å². The molecule has 0 amide bonds. The SMILES string of the molecule is CCN1/C(=C/C=C\c2n(CC)c3cc(-c4nc5ccccc5s4)ccc3[n+]2CC)Sc2ccc(OC)cc21. The van der Waals surface area contributed by atoms with Crippen LogP contribution in [0, 0.1) is 0 Å². The first-order valence-corrected chi connectivity index (χ1v) is 14.7. The number of fused-ring (bicyclic) bond motifs is 3. The lowest BCUT2D eigenvalue weighted by Crippen LogP contribution is -2.35. The molecule has 5 aromatic rings. The fourth-order valence-corrected chi connectivity index (χ4v) is 7.29. The van der Waals surface area contributed by atoms with Crippen molar-refractivity contribution in [3.8, 4) is 16.3 Å². The van der Waals surface area contributed by atoms with Crippen LogP contribution in [0.4, 0.5) is 5.69 Å². The van der Waals surface area contributed by atoms with Gasteiger partial charge in [0.2, 0.25) is 0 Å². The van der Waals surface area contributed by atoms with Crippen molar-refractivity contribution in [2.24, 2.45) is 0 Å². The lowest BCUT2D eigenvalue weighted by Gasteiger charge is -2.18. The van der Waals surface area contributed by atoms with E-state index in [2.05, 4.69) is 108 Å². The maximum atomic E-state index is 5.46. The van der Waals surface area contributed by atoms with Crippen molar-refractivity contribution in [2.45, 2.75) is 38.8 Å². The van der Waals surface area contributed by atoms with Crippen LogP contribution in [0.25, 0.3) is 37.9 Å². The molecule has 0 atom stereocenters. The highest BCUT2D eigenvalue weighted by Crippen LogP contribution is 2.47. The Bertz CT molecular complexity index is 1680. The number of para-hydroxylation sites is 1. The molecule has 5 nitrogen and oxygen atoms in total. The smallest absolute Gasteiger partial charge is 0.282 e. The predicted molar refractivity (Wildman–Crippen MR) is 161 cm³/mol. The van der Waals surface area contributed by atoms with Crippen molar-refractivity contribution in [2.75, 3.05) is 18.6 Å². The maximum absolute atomic E-state index is 5.46. The van der Waals surface area contributed by atoms with Crippen LogP contribution in [0.5, 0.6) is 5.75 Å². The molecule has 0 saturated carbocycles. The molecule has 0 N–H and O–H groups in total. The van der Waals surface area contributed by atoms with E-state index in [0.29, 0.717) is 0 Å². The number of anilines is 1. The molecule has 0 radical (unpaired) electrons. The number of nitrogens with zero attached hydrogens (tertiary/aromatic N) is 4. The minimum atomic E-state index is 0.890. The summed E-state index contributed by atoms with van der Waals surface area (Å²) in [6.07, 6.45) is 6.66. The fraction of sp³-hybridized carbons (Fsp3) is 0.226. The molecule has 0 fully saturated rings. The van der Waals surface area contributed by atoms with Crippen molar-refractivity contribution in [1.29, 1.82) is 0 Å². The third kappa shape index (κ3) is 4.20. The molecule has 0 unspecified atom stereocenters. The highest BCUT2D eigenvalue weighted by molar-refractivity contribution is 8.03. The van der Waals surface area contributed by atoms with Gasteiger partial charge >= 0.3 is 0 Å². The first kappa shape index (κ1) is 24.8. The number of imidazole rings is 1. The molecule has 6 rings (SSSR count). The minimum absolute atomic E-state index is 0.890. The zero-order chi connectivity index (χ0) is 26.2. The second kappa shape index (κ2) is 10.3. The fourth-order valence-electron chi connectivity index (χ4n) is 5.21. The number of allylic oxidation sites excluding steroid dienone is 2. The second-order valence-corrected chi connectivity index (χ2v) is 11.2. The minimum Gasteiger partial charge on any atom is -0.497 e. The number of thiazole rings is 1. The van der Waals surface area contributed by atoms with Gasteiger partial charge in [0.25, 0.3) is 5.82 Å². The largest absolute Gasteiger partial charge is 0.497 e. The Kier molecular flexibility index (Phi) is 6.72. The Morgan fingerprint density at radius 1 is 1.00 bits per heavy atom. The van der Waals surface area contributed by atoms with Crippen LogP contribution in [0.3, 0.4) is 0 Å². The highest BCUT2D eigenvalue weighted by Gasteiger charge is 2.25. The van der Waals surface area contributed by atoms with Crippen LogP contribution < -0.4 is 14.2 Å². The molecule has 3 aromatic carbocycles. The van der Waals surface area contributed by atoms with Gasteiger partial charge in [0.05, 0.1) is 41.1 Å². The van der Waals surface area contributed by atoms with Crippen molar-refractivity contribution in [1.82, 2.24) is 9.55 Å². The van der Waals surface area contributed by atoms with Gasteiger partial charge < -0.3 is 9.64 Å². The van der Waals surface area contributed by atoms with E-state index in [0.717, 1.165) is 35.9 Å². The van der Waals surface area contributed by atoms with Crippen molar-refractivity contribution in [3.63, 3.8) is 0 Å². The summed E-state index contributed by atoms with van der Waals surface area (Å²) in [6, 6.07) is 21.4. The van der Waals surface area contributed by atoms with Gasteiger partial charge in [-0.2, -0.15) is 0 Å². The predicted octanol–water partition coefficient (Wildman–Crippen LogP) is 7.74. The zero-order valence-corrected chi connectivity index (χ0v) is 23.8. The number of aromatic nitrogens is 3. The molecule has 0 bridgehead atoms. The summed E-state index contributed by atoms with van der Waals surface area (Å²) in [5, 5.41) is 2.29. The molecule has 0 spiro atoms. The quantitative estimate of drug-likeness (QED) is 0.198. The van der Waals surface area contributed by atoms with E-state index in [9.17, 15) is 0 Å². The third-order valence-corrected chi connectivity index (χ3v) is 9.24. The normalized spacial score (nSPS) is 14.4. The number of ether oxygens (including phenoxy) is 1. The van der Waals surface area contributed by atoms with Crippen LogP contribution in [-0.2, 0) is 13.1 Å². The maximum Gasteiger partial charge on any atom is 0.282 e. The number of hydrogen-bond donors (Lipinski definition) is 0. The van der Waals surface area contributed by atoms with E-state index in [1.165, 1.54) is 42.7 Å². The van der Waals surface area contributed by atoms with Gasteiger partial charge in [0, 0.05) is 29.1 Å². The lowest BCUT2D eigenvalue weighted by molar-refractivity contribution is -0.670. The van der Waals surface area contributed by atoms with Crippen LogP contribution in [0.2, 0.25) is 0 Å². The van der Waals surface area contributed by atoms with Gasteiger partial charge in [-0.3, -0.25) is 0 Å². The van der Waals surface area contributed by atoms with Crippen LogP contribution in [0.15, 0.2) is 82.7 Å². The molecule has 38 heavy (non-hydrogen) atoms. The summed E-state index contributed by atoms with van der Waals surface area (Å²) in [6.45, 7) is 9.33. The summed E-state index contributed by atoms with van der Waals surface area (Å²) in [5.74, 6) is 2.09. The Morgan fingerprint density at radius 3 is 2.63 bits per heavy atom. The van der Waals surface area contributed by atoms with Crippen molar-refractivity contribution < 1.29 is 9.30 Å². The Hall–Kier alpha value is -3.55. The standard InChI is InChI=1S/C31H31N4OS2/c1-5-33-24-17-15-21(31-32-23-11-8-9-12-27(23)38-31)19-25(24)34(6-2)29(33)13-10-14-30-35(7-3)26-20-22(36-4)16-18-28(26)37-30/h8-20H,5-7H2,1-4H3/q+1. The Morgan fingerprint density at radius 2 is 1.87 bits per heavy atom. The van der Waals surface area contributed by atoms with Gasteiger partial charge in [-0.05, 0) is 69.3 Å². The Labute approximate surface area is 231 Å². The van der Waals surface area contributed by atoms with E-state index in [1.807, 2.05) is 17.8 Å². The van der Waals surface area contributed by atoms with E-state index < -0.39 is 0 Å². The van der Waals surface area contributed by atoms with E-state index in [1.54, 1.807) is 18.4 Å². The second-order valence-electron chi connectivity index (χ2n) is 9.08. The number of hydrogen-bond acceptors (Lipinski definition) is 5. The summed E-state index contributed by atoms with van der Waals surface area (Å²) < 4.78 is 11.5. The average molecular weight is 540 g/mol. The monoisotopic (exact) mass is 539 g/mol. The van der Waals surface area contributed by atoms with E-state index in [-0.39, 0.29) is 0 Å². The first-order valence-electron chi connectivity index (χ1n) is 13.1. The zero-order valence-electron chi connectivity index (χ0n) is 22.1. The molecule has 192 valence electrons. The molecule has 0 aliphatic carbocycles. The molecule has 7 heteroatoms. The number of aryl methyl sites for hydroxylation is 2. The number of rotatable bonds is 7. The molecule has 1 aliphatic heterocycles. The average Bonchev–Trinajstić information content (AvgIpc) is 3.62. The molecule has 1 aliphatic rings. The molecule has 0 saturated heterocycles. The first-order chi connectivity index (χ1) is 18.6. The van der Waals surface area contributed by atoms with Crippen molar-refractivity contribution >= 4 is 56.1 Å². The lowest BCUT2D eigenvalue weighted by atomic mass is 10.2. The third-order valence-electron chi connectivity index (χ3n) is 7.02. The number of methoxy groups -OCH3 is 1. The molecule has 3 heterocycles. The summed E-state index contributed by atoms with van der Waals surface area (Å²) in [7, 11) is 1.72. The van der Waals surface area contributed by atoms with Gasteiger partial charge in [0.1, 0.15) is 10.8 Å². The van der Waals surface area contributed by atoms with Gasteiger partial charge in [-0.1, -0.05) is 30.0 Å². The van der Waals surface area contributed by atoms with Gasteiger partial charge in [0.15, 0.2) is 11.0 Å². The molecular formula is C31H31N4OS2+. The Balaban J connectivity index is 1.37. The van der Waals surface area contributed by atoms with Gasteiger partial charge in [-0.25, -0.2) is 14.1 Å². The summed E-state index contributed by atoms with van der Waals surface area (Å²) in [5.41, 5.74) is 5.93. The van der Waals surface area contributed by atoms with E-state index in [4.69, 9.17) is 9.72 Å².